The molecule has 25 heavy (non-hydrogen) atoms. The average Bonchev–Trinajstić information content (AvgIpc) is 3.11. The van der Waals surface area contributed by atoms with Gasteiger partial charge in [-0.05, 0) is 31.0 Å². The molecular formula is C20H21N3O2. The second-order valence-electron chi connectivity index (χ2n) is 5.97. The number of rotatable bonds is 6. The van der Waals surface area contributed by atoms with E-state index >= 15 is 0 Å². The van der Waals surface area contributed by atoms with Gasteiger partial charge in [0.25, 0.3) is 5.89 Å². The van der Waals surface area contributed by atoms with Crippen molar-refractivity contribution in [2.24, 2.45) is 0 Å². The molecule has 5 heteroatoms. The maximum atomic E-state index is 12.5. The molecular weight excluding hydrogens is 314 g/mol. The lowest BCUT2D eigenvalue weighted by atomic mass is 9.96. The minimum Gasteiger partial charge on any atom is -0.348 e. The molecule has 1 N–H and O–H groups in total. The Morgan fingerprint density at radius 2 is 1.96 bits per heavy atom. The Morgan fingerprint density at radius 1 is 1.16 bits per heavy atom. The molecule has 0 fully saturated rings. The van der Waals surface area contributed by atoms with Crippen LogP contribution in [-0.4, -0.2) is 16.0 Å². The molecule has 2 aromatic carbocycles. The molecule has 0 saturated carbocycles. The highest BCUT2D eigenvalue weighted by molar-refractivity contribution is 5.83. The van der Waals surface area contributed by atoms with Gasteiger partial charge in [0, 0.05) is 5.56 Å². The normalized spacial score (nSPS) is 11.9. The highest BCUT2D eigenvalue weighted by Gasteiger charge is 2.19. The highest BCUT2D eigenvalue weighted by Crippen LogP contribution is 2.20. The lowest BCUT2D eigenvalue weighted by molar-refractivity contribution is -0.122. The van der Waals surface area contributed by atoms with Gasteiger partial charge in [0.2, 0.25) is 5.91 Å². The Labute approximate surface area is 147 Å². The van der Waals surface area contributed by atoms with Crippen LogP contribution in [0.2, 0.25) is 0 Å². The van der Waals surface area contributed by atoms with Crippen molar-refractivity contribution in [3.05, 3.63) is 71.5 Å². The first-order valence-corrected chi connectivity index (χ1v) is 8.39. The van der Waals surface area contributed by atoms with E-state index in [1.807, 2.05) is 68.4 Å². The fourth-order valence-electron chi connectivity index (χ4n) is 2.77. The van der Waals surface area contributed by atoms with Crippen molar-refractivity contribution in [1.29, 1.82) is 0 Å². The van der Waals surface area contributed by atoms with E-state index in [0.717, 1.165) is 23.1 Å². The predicted octanol–water partition coefficient (Wildman–Crippen LogP) is 3.86. The van der Waals surface area contributed by atoms with Crippen LogP contribution >= 0.6 is 0 Å². The molecule has 1 heterocycles. The van der Waals surface area contributed by atoms with Gasteiger partial charge in [0.15, 0.2) is 5.82 Å². The molecule has 128 valence electrons. The summed E-state index contributed by atoms with van der Waals surface area (Å²) in [5.74, 6) is 0.718. The zero-order valence-electron chi connectivity index (χ0n) is 14.4. The van der Waals surface area contributed by atoms with Gasteiger partial charge in [-0.2, -0.15) is 4.98 Å². The van der Waals surface area contributed by atoms with Crippen LogP contribution in [0.5, 0.6) is 0 Å². The minimum atomic E-state index is -0.177. The fourth-order valence-corrected chi connectivity index (χ4v) is 2.77. The van der Waals surface area contributed by atoms with Crippen molar-refractivity contribution in [2.75, 3.05) is 0 Å². The van der Waals surface area contributed by atoms with Gasteiger partial charge in [0.1, 0.15) is 0 Å². The molecule has 0 saturated heterocycles. The van der Waals surface area contributed by atoms with Crippen molar-refractivity contribution in [2.45, 2.75) is 32.7 Å². The third-order valence-electron chi connectivity index (χ3n) is 4.08. The lowest BCUT2D eigenvalue weighted by Crippen LogP contribution is -2.29. The molecule has 0 radical (unpaired) electrons. The number of carbonyl (C=O) groups excluding carboxylic acids is 1. The van der Waals surface area contributed by atoms with Crippen molar-refractivity contribution in [3.63, 3.8) is 0 Å². The van der Waals surface area contributed by atoms with Crippen LogP contribution in [-0.2, 0) is 11.3 Å². The van der Waals surface area contributed by atoms with Gasteiger partial charge in [-0.3, -0.25) is 4.79 Å². The summed E-state index contributed by atoms with van der Waals surface area (Å²) < 4.78 is 5.30. The molecule has 0 aliphatic rings. The standard InChI is InChI=1S/C20H21N3O2/c1-3-17(15-9-5-4-6-10-15)19(24)21-13-18-22-20(25-23-18)16-11-7-8-14(2)12-16/h4-12,17H,3,13H2,1-2H3,(H,21,24). The van der Waals surface area contributed by atoms with E-state index < -0.39 is 0 Å². The molecule has 5 nitrogen and oxygen atoms in total. The summed E-state index contributed by atoms with van der Waals surface area (Å²) in [6.45, 7) is 4.26. The molecule has 3 rings (SSSR count). The summed E-state index contributed by atoms with van der Waals surface area (Å²) >= 11 is 0. The number of nitrogens with one attached hydrogen (secondary N) is 1. The summed E-state index contributed by atoms with van der Waals surface area (Å²) in [7, 11) is 0. The van der Waals surface area contributed by atoms with E-state index in [1.165, 1.54) is 0 Å². The Morgan fingerprint density at radius 3 is 2.68 bits per heavy atom. The van der Waals surface area contributed by atoms with Gasteiger partial charge >= 0.3 is 0 Å². The summed E-state index contributed by atoms with van der Waals surface area (Å²) in [4.78, 5) is 16.8. The van der Waals surface area contributed by atoms with E-state index in [0.29, 0.717) is 11.7 Å². The molecule has 1 unspecified atom stereocenters. The molecule has 1 atom stereocenters. The van der Waals surface area contributed by atoms with E-state index in [2.05, 4.69) is 15.5 Å². The van der Waals surface area contributed by atoms with E-state index in [-0.39, 0.29) is 18.4 Å². The second-order valence-corrected chi connectivity index (χ2v) is 5.97. The van der Waals surface area contributed by atoms with Crippen LogP contribution in [0.3, 0.4) is 0 Å². The zero-order valence-corrected chi connectivity index (χ0v) is 14.4. The molecule has 3 aromatic rings. The molecule has 1 aromatic heterocycles. The topological polar surface area (TPSA) is 68.0 Å². The van der Waals surface area contributed by atoms with Gasteiger partial charge in [-0.1, -0.05) is 60.1 Å². The smallest absolute Gasteiger partial charge is 0.257 e. The van der Waals surface area contributed by atoms with Crippen molar-refractivity contribution < 1.29 is 9.32 Å². The Bertz CT molecular complexity index is 843. The van der Waals surface area contributed by atoms with Crippen molar-refractivity contribution in [1.82, 2.24) is 15.5 Å². The first kappa shape index (κ1) is 16.9. The van der Waals surface area contributed by atoms with Gasteiger partial charge in [-0.15, -0.1) is 0 Å². The summed E-state index contributed by atoms with van der Waals surface area (Å²) in [5.41, 5.74) is 3.01. The second kappa shape index (κ2) is 7.75. The largest absolute Gasteiger partial charge is 0.348 e. The number of nitrogens with zero attached hydrogens (tertiary/aromatic N) is 2. The van der Waals surface area contributed by atoms with Crippen molar-refractivity contribution >= 4 is 5.91 Å². The summed E-state index contributed by atoms with van der Waals surface area (Å²) in [5, 5.41) is 6.85. The van der Waals surface area contributed by atoms with E-state index in [9.17, 15) is 4.79 Å². The average molecular weight is 335 g/mol. The minimum absolute atomic E-state index is 0.0318. The molecule has 0 aliphatic carbocycles. The Hall–Kier alpha value is -2.95. The third-order valence-corrected chi connectivity index (χ3v) is 4.08. The first-order chi connectivity index (χ1) is 12.2. The number of carbonyl (C=O) groups is 1. The van der Waals surface area contributed by atoms with Crippen LogP contribution in [0.25, 0.3) is 11.5 Å². The molecule has 0 spiro atoms. The monoisotopic (exact) mass is 335 g/mol. The Kier molecular flexibility index (Phi) is 5.23. The predicted molar refractivity (Wildman–Crippen MR) is 95.8 cm³/mol. The highest BCUT2D eigenvalue weighted by atomic mass is 16.5. The quantitative estimate of drug-likeness (QED) is 0.743. The van der Waals surface area contributed by atoms with Crippen molar-refractivity contribution in [3.8, 4) is 11.5 Å². The van der Waals surface area contributed by atoms with Gasteiger partial charge in [-0.25, -0.2) is 0 Å². The number of benzene rings is 2. The zero-order chi connectivity index (χ0) is 17.6. The van der Waals surface area contributed by atoms with Crippen LogP contribution in [0.15, 0.2) is 59.1 Å². The van der Waals surface area contributed by atoms with Gasteiger partial charge in [0.05, 0.1) is 12.5 Å². The van der Waals surface area contributed by atoms with Crippen LogP contribution in [0.1, 0.15) is 36.2 Å². The lowest BCUT2D eigenvalue weighted by Gasteiger charge is -2.14. The SMILES string of the molecule is CCC(C(=O)NCc1noc(-c2cccc(C)c2)n1)c1ccccc1. The van der Waals surface area contributed by atoms with Gasteiger partial charge < -0.3 is 9.84 Å². The first-order valence-electron chi connectivity index (χ1n) is 8.39. The maximum absolute atomic E-state index is 12.5. The summed E-state index contributed by atoms with van der Waals surface area (Å²) in [6.07, 6.45) is 0.733. The molecule has 1 amide bonds. The number of hydrogen-bond donors (Lipinski definition) is 1. The number of hydrogen-bond acceptors (Lipinski definition) is 4. The van der Waals surface area contributed by atoms with Crippen LogP contribution < -0.4 is 5.32 Å². The number of aryl methyl sites for hydroxylation is 1. The molecule has 0 aliphatic heterocycles. The van der Waals surface area contributed by atoms with E-state index in [4.69, 9.17) is 4.52 Å². The summed E-state index contributed by atoms with van der Waals surface area (Å²) in [6, 6.07) is 17.6. The molecule has 0 bridgehead atoms. The third kappa shape index (κ3) is 4.12. The number of aromatic nitrogens is 2. The Balaban J connectivity index is 1.65. The van der Waals surface area contributed by atoms with Crippen LogP contribution in [0.4, 0.5) is 0 Å². The van der Waals surface area contributed by atoms with Crippen LogP contribution in [0, 0.1) is 6.92 Å². The maximum Gasteiger partial charge on any atom is 0.257 e. The number of amides is 1. The van der Waals surface area contributed by atoms with E-state index in [1.54, 1.807) is 0 Å². The fraction of sp³-hybridized carbons (Fsp3) is 0.250.